The van der Waals surface area contributed by atoms with Gasteiger partial charge in [-0.2, -0.15) is 5.10 Å². The molecule has 0 aliphatic carbocycles. The number of hydrogen-bond donors (Lipinski definition) is 4. The summed E-state index contributed by atoms with van der Waals surface area (Å²) in [7, 11) is 1.65. The third kappa shape index (κ3) is 4.72. The molecule has 11 nitrogen and oxygen atoms in total. The third-order valence-corrected chi connectivity index (χ3v) is 5.79. The van der Waals surface area contributed by atoms with Crippen LogP contribution in [0, 0.1) is 5.82 Å². The van der Waals surface area contributed by atoms with Crippen molar-refractivity contribution in [2.45, 2.75) is 13.0 Å². The molecule has 0 radical (unpaired) electrons. The largest absolute Gasteiger partial charge is 0.453 e. The zero-order valence-corrected chi connectivity index (χ0v) is 20.5. The van der Waals surface area contributed by atoms with E-state index in [2.05, 4.69) is 25.8 Å². The van der Waals surface area contributed by atoms with Crippen LogP contribution in [0.1, 0.15) is 17.3 Å². The molecule has 0 bridgehead atoms. The summed E-state index contributed by atoms with van der Waals surface area (Å²) in [5.41, 5.74) is 0.588. The number of carbonyl (C=O) groups excluding carboxylic acids is 1. The standard InChI is InChI=1S/C26H24FN7O4/c1-15(14-35)29-24-22-21(10-11-28-23(22)31-32-24)38-20-9-8-16(12-19(20)27)30-25(36)18-13-33(2)34(26(18)37)17-6-4-3-5-7-17/h3-13,15,35H,14H2,1-2H3,(H,30,36)(H2,28,29,31,32)/t15-/m1/s1. The number of nitrogens with one attached hydrogen (secondary N) is 3. The summed E-state index contributed by atoms with van der Waals surface area (Å²) in [6, 6.07) is 14.1. The van der Waals surface area contributed by atoms with Crippen LogP contribution < -0.4 is 20.9 Å². The minimum Gasteiger partial charge on any atom is -0.453 e. The molecule has 38 heavy (non-hydrogen) atoms. The number of fused-ring (bicyclic) bond motifs is 1. The lowest BCUT2D eigenvalue weighted by molar-refractivity contribution is 0.102. The summed E-state index contributed by atoms with van der Waals surface area (Å²) >= 11 is 0. The zero-order valence-electron chi connectivity index (χ0n) is 20.5. The second-order valence-corrected chi connectivity index (χ2v) is 8.60. The highest BCUT2D eigenvalue weighted by atomic mass is 19.1. The van der Waals surface area contributed by atoms with Crippen molar-refractivity contribution in [1.29, 1.82) is 0 Å². The second kappa shape index (κ2) is 10.2. The predicted molar refractivity (Wildman–Crippen MR) is 139 cm³/mol. The Morgan fingerprint density at radius 1 is 1.18 bits per heavy atom. The van der Waals surface area contributed by atoms with Gasteiger partial charge in [0.05, 0.1) is 12.3 Å². The number of ether oxygens (including phenoxy) is 1. The van der Waals surface area contributed by atoms with E-state index in [-0.39, 0.29) is 35.4 Å². The van der Waals surface area contributed by atoms with Gasteiger partial charge in [0.2, 0.25) is 0 Å². The fourth-order valence-electron chi connectivity index (χ4n) is 3.95. The predicted octanol–water partition coefficient (Wildman–Crippen LogP) is 3.42. The van der Waals surface area contributed by atoms with Crippen molar-refractivity contribution in [2.75, 3.05) is 17.2 Å². The maximum atomic E-state index is 15.0. The number of carbonyl (C=O) groups is 1. The Kier molecular flexibility index (Phi) is 6.62. The van der Waals surface area contributed by atoms with E-state index in [9.17, 15) is 14.7 Å². The van der Waals surface area contributed by atoms with Crippen molar-refractivity contribution in [1.82, 2.24) is 24.5 Å². The molecule has 3 heterocycles. The SMILES string of the molecule is C[C@H](CO)Nc1n[nH]c2nccc(Oc3ccc(NC(=O)c4cn(C)n(-c5ccccc5)c4=O)cc3F)c12. The number of pyridine rings is 1. The quantitative estimate of drug-likeness (QED) is 0.247. The number of para-hydroxylation sites is 1. The summed E-state index contributed by atoms with van der Waals surface area (Å²) in [4.78, 5) is 30.0. The van der Waals surface area contributed by atoms with Gasteiger partial charge in [-0.25, -0.2) is 14.1 Å². The minimum atomic E-state index is -0.732. The maximum Gasteiger partial charge on any atom is 0.284 e. The van der Waals surface area contributed by atoms with Crippen LogP contribution >= 0.6 is 0 Å². The van der Waals surface area contributed by atoms with Crippen LogP contribution in [-0.4, -0.2) is 48.2 Å². The molecule has 0 aliphatic heterocycles. The number of hydrogen-bond acceptors (Lipinski definition) is 7. The van der Waals surface area contributed by atoms with Crippen LogP contribution in [-0.2, 0) is 7.05 Å². The average Bonchev–Trinajstić information content (AvgIpc) is 3.46. The fraction of sp³-hybridized carbons (Fsp3) is 0.154. The number of halogens is 1. The Balaban J connectivity index is 1.37. The summed E-state index contributed by atoms with van der Waals surface area (Å²) in [6.45, 7) is 1.66. The van der Waals surface area contributed by atoms with Gasteiger partial charge >= 0.3 is 0 Å². The molecule has 0 spiro atoms. The summed E-state index contributed by atoms with van der Waals surface area (Å²) < 4.78 is 23.7. The molecule has 0 aliphatic rings. The van der Waals surface area contributed by atoms with Gasteiger partial charge in [-0.15, -0.1) is 0 Å². The van der Waals surface area contributed by atoms with Crippen molar-refractivity contribution in [3.05, 3.63) is 88.7 Å². The first-order chi connectivity index (χ1) is 18.4. The summed E-state index contributed by atoms with van der Waals surface area (Å²) in [5, 5.41) is 22.4. The first-order valence-electron chi connectivity index (χ1n) is 11.7. The number of aliphatic hydroxyl groups excluding tert-OH is 1. The topological polar surface area (TPSA) is 139 Å². The van der Waals surface area contributed by atoms with E-state index >= 15 is 4.39 Å². The molecule has 0 saturated carbocycles. The first-order valence-corrected chi connectivity index (χ1v) is 11.7. The smallest absolute Gasteiger partial charge is 0.284 e. The van der Waals surface area contributed by atoms with Crippen LogP contribution in [0.15, 0.2) is 71.8 Å². The minimum absolute atomic E-state index is 0.0895. The average molecular weight is 518 g/mol. The third-order valence-electron chi connectivity index (χ3n) is 5.79. The van der Waals surface area contributed by atoms with E-state index in [1.807, 2.05) is 6.07 Å². The molecular weight excluding hydrogens is 493 g/mol. The Hall–Kier alpha value is -4.97. The highest BCUT2D eigenvalue weighted by Crippen LogP contribution is 2.34. The zero-order chi connectivity index (χ0) is 26.8. The Morgan fingerprint density at radius 3 is 2.71 bits per heavy atom. The monoisotopic (exact) mass is 517 g/mol. The number of aryl methyl sites for hydroxylation is 1. The van der Waals surface area contributed by atoms with Crippen LogP contribution in [0.25, 0.3) is 16.7 Å². The molecule has 0 saturated heterocycles. The van der Waals surface area contributed by atoms with Crippen LogP contribution in [0.2, 0.25) is 0 Å². The number of aliphatic hydroxyl groups is 1. The number of benzene rings is 2. The molecule has 4 N–H and O–H groups in total. The lowest BCUT2D eigenvalue weighted by atomic mass is 10.2. The van der Waals surface area contributed by atoms with E-state index in [1.165, 1.54) is 33.9 Å². The molecule has 5 aromatic rings. The summed E-state index contributed by atoms with van der Waals surface area (Å²) in [5.74, 6) is -0.805. The number of H-pyrrole nitrogens is 1. The van der Waals surface area contributed by atoms with Gasteiger partial charge < -0.3 is 20.5 Å². The molecule has 0 fully saturated rings. The Labute approximate surface area is 215 Å². The molecule has 3 aromatic heterocycles. The van der Waals surface area contributed by atoms with Gasteiger partial charge in [-0.1, -0.05) is 18.2 Å². The molecule has 1 atom stereocenters. The normalized spacial score (nSPS) is 11.9. The molecular formula is C26H24FN7O4. The van der Waals surface area contributed by atoms with E-state index in [4.69, 9.17) is 4.74 Å². The molecule has 194 valence electrons. The van der Waals surface area contributed by atoms with Gasteiger partial charge in [0.25, 0.3) is 11.5 Å². The number of amides is 1. The number of aromatic amines is 1. The molecule has 5 rings (SSSR count). The van der Waals surface area contributed by atoms with Crippen molar-refractivity contribution < 1.29 is 19.0 Å². The van der Waals surface area contributed by atoms with Gasteiger partial charge in [-0.05, 0) is 31.2 Å². The van der Waals surface area contributed by atoms with E-state index < -0.39 is 17.3 Å². The van der Waals surface area contributed by atoms with E-state index in [0.717, 1.165) is 6.07 Å². The van der Waals surface area contributed by atoms with Gasteiger partial charge in [0.15, 0.2) is 23.0 Å². The summed E-state index contributed by atoms with van der Waals surface area (Å²) in [6.07, 6.45) is 2.91. The molecule has 0 unspecified atom stereocenters. The second-order valence-electron chi connectivity index (χ2n) is 8.60. The van der Waals surface area contributed by atoms with Crippen molar-refractivity contribution in [3.8, 4) is 17.2 Å². The van der Waals surface area contributed by atoms with Gasteiger partial charge in [0.1, 0.15) is 16.7 Å². The van der Waals surface area contributed by atoms with Crippen molar-refractivity contribution in [3.63, 3.8) is 0 Å². The van der Waals surface area contributed by atoms with Crippen LogP contribution in [0.4, 0.5) is 15.9 Å². The Bertz CT molecular complexity index is 1680. The Morgan fingerprint density at radius 2 is 1.97 bits per heavy atom. The molecule has 12 heteroatoms. The first kappa shape index (κ1) is 24.7. The van der Waals surface area contributed by atoms with E-state index in [1.54, 1.807) is 44.3 Å². The van der Waals surface area contributed by atoms with Crippen LogP contribution in [0.5, 0.6) is 11.5 Å². The number of aromatic nitrogens is 5. The van der Waals surface area contributed by atoms with Gasteiger partial charge in [-0.3, -0.25) is 19.4 Å². The van der Waals surface area contributed by atoms with Crippen LogP contribution in [0.3, 0.4) is 0 Å². The lowest BCUT2D eigenvalue weighted by Gasteiger charge is -2.12. The van der Waals surface area contributed by atoms with Crippen molar-refractivity contribution >= 4 is 28.4 Å². The molecule has 1 amide bonds. The number of nitrogens with zero attached hydrogens (tertiary/aromatic N) is 4. The van der Waals surface area contributed by atoms with Crippen molar-refractivity contribution in [2.24, 2.45) is 7.05 Å². The molecule has 2 aromatic carbocycles. The number of anilines is 2. The maximum absolute atomic E-state index is 15.0. The fourth-order valence-corrected chi connectivity index (χ4v) is 3.95. The lowest BCUT2D eigenvalue weighted by Crippen LogP contribution is -2.25. The highest BCUT2D eigenvalue weighted by Gasteiger charge is 2.19. The van der Waals surface area contributed by atoms with E-state index in [0.29, 0.717) is 22.5 Å². The number of rotatable bonds is 8. The highest BCUT2D eigenvalue weighted by molar-refractivity contribution is 6.04. The van der Waals surface area contributed by atoms with Gasteiger partial charge in [0, 0.05) is 43.3 Å².